The molecule has 0 rings (SSSR count). The van der Waals surface area contributed by atoms with Crippen LogP contribution in [0, 0.1) is 0 Å². The van der Waals surface area contributed by atoms with E-state index >= 15 is 0 Å². The van der Waals surface area contributed by atoms with Gasteiger partial charge in [0.15, 0.2) is 0 Å². The summed E-state index contributed by atoms with van der Waals surface area (Å²) in [7, 11) is -0.710. The first kappa shape index (κ1) is 4.65. The van der Waals surface area contributed by atoms with Crippen molar-refractivity contribution in [2.24, 2.45) is 0 Å². The highest BCUT2D eigenvalue weighted by Gasteiger charge is 1.72. The predicted molar refractivity (Wildman–Crippen MR) is 15.1 cm³/mol. The van der Waals surface area contributed by atoms with Gasteiger partial charge >= 0.3 is 10.0 Å². The number of rotatable bonds is 2. The molecule has 0 saturated carbocycles. The van der Waals surface area contributed by atoms with Gasteiger partial charge in [0.05, 0.1) is 0 Å². The molecule has 0 fully saturated rings. The van der Waals surface area contributed by atoms with E-state index in [1.165, 1.54) is 0 Å². The summed E-state index contributed by atoms with van der Waals surface area (Å²) in [5.41, 5.74) is 0. The number of hydrogen-bond acceptors (Lipinski definition) is 3. The molecule has 0 saturated heterocycles. The van der Waals surface area contributed by atoms with Gasteiger partial charge in [-0.2, -0.15) is 0 Å². The molecule has 0 heterocycles. The van der Waals surface area contributed by atoms with Crippen molar-refractivity contribution < 1.29 is 14.0 Å². The fourth-order valence-corrected chi connectivity index (χ4v) is 0.0645. The molecule has 2 radical (unpaired) electrons. The molecule has 0 amide bonds. The Hall–Kier alpha value is -0.353. The molecule has 0 aliphatic rings. The third-order valence-electron chi connectivity index (χ3n) is 0.101. The van der Waals surface area contributed by atoms with Crippen LogP contribution in [0.4, 0.5) is 0 Å². The second-order valence-electron chi connectivity index (χ2n) is 0.305. The van der Waals surface area contributed by atoms with Crippen LogP contribution in [0.15, 0.2) is 0 Å². The largest absolute Gasteiger partial charge is 0.519 e. The van der Waals surface area contributed by atoms with Crippen LogP contribution in [-0.4, -0.2) is 21.3 Å². The standard InChI is InChI=1S/CH2O3Si/c2-1-4-5-3/h1,3H. The van der Waals surface area contributed by atoms with Crippen molar-refractivity contribution in [2.75, 3.05) is 0 Å². The molecule has 5 heavy (non-hydrogen) atoms. The summed E-state index contributed by atoms with van der Waals surface area (Å²) in [6.07, 6.45) is 0. The Kier molecular flexibility index (Phi) is 3.39. The lowest BCUT2D eigenvalue weighted by Gasteiger charge is -1.74. The molecule has 0 unspecified atom stereocenters. The quantitative estimate of drug-likeness (QED) is 0.338. The maximum Gasteiger partial charge on any atom is 0.519 e. The van der Waals surface area contributed by atoms with Gasteiger partial charge in [0.25, 0.3) is 6.47 Å². The Balaban J connectivity index is 2.40. The first-order chi connectivity index (χ1) is 2.41. The van der Waals surface area contributed by atoms with Gasteiger partial charge < -0.3 is 9.22 Å². The second kappa shape index (κ2) is 3.65. The van der Waals surface area contributed by atoms with E-state index < -0.39 is 10.0 Å². The van der Waals surface area contributed by atoms with Gasteiger partial charge in [0.1, 0.15) is 0 Å². The van der Waals surface area contributed by atoms with E-state index in [1.807, 2.05) is 0 Å². The highest BCUT2D eigenvalue weighted by Crippen LogP contribution is 1.45. The van der Waals surface area contributed by atoms with Gasteiger partial charge in [-0.05, 0) is 0 Å². The first-order valence-electron chi connectivity index (χ1n) is 0.899. The smallest absolute Gasteiger partial charge is 0.493 e. The first-order valence-corrected chi connectivity index (χ1v) is 1.75. The highest BCUT2D eigenvalue weighted by molar-refractivity contribution is 6.18. The average molecular weight is 90.1 g/mol. The van der Waals surface area contributed by atoms with Crippen LogP contribution in [0.5, 0.6) is 0 Å². The lowest BCUT2D eigenvalue weighted by molar-refractivity contribution is -0.121. The minimum absolute atomic E-state index is 0.193. The molecule has 0 atom stereocenters. The molecule has 3 nitrogen and oxygen atoms in total. The van der Waals surface area contributed by atoms with Gasteiger partial charge in [0, 0.05) is 0 Å². The van der Waals surface area contributed by atoms with E-state index in [9.17, 15) is 0 Å². The van der Waals surface area contributed by atoms with Gasteiger partial charge in [-0.15, -0.1) is 0 Å². The fourth-order valence-electron chi connectivity index (χ4n) is 0.0215. The van der Waals surface area contributed by atoms with Crippen LogP contribution in [0.3, 0.4) is 0 Å². The second-order valence-corrected chi connectivity index (χ2v) is 0.724. The van der Waals surface area contributed by atoms with Crippen molar-refractivity contribution in [1.82, 2.24) is 0 Å². The van der Waals surface area contributed by atoms with Crippen LogP contribution in [0.2, 0.25) is 0 Å². The molecular formula is CH2O3Si. The molecule has 0 aromatic heterocycles. The summed E-state index contributed by atoms with van der Waals surface area (Å²) in [6.45, 7) is 0.193. The molecule has 0 aromatic rings. The molecule has 4 heteroatoms. The SMILES string of the molecule is O=CO[Si]O. The van der Waals surface area contributed by atoms with E-state index in [1.54, 1.807) is 0 Å². The van der Waals surface area contributed by atoms with Gasteiger partial charge in [-0.1, -0.05) is 0 Å². The minimum Gasteiger partial charge on any atom is -0.493 e. The summed E-state index contributed by atoms with van der Waals surface area (Å²) >= 11 is 0. The Morgan fingerprint density at radius 2 is 2.60 bits per heavy atom. The van der Waals surface area contributed by atoms with E-state index in [4.69, 9.17) is 9.59 Å². The van der Waals surface area contributed by atoms with Crippen molar-refractivity contribution in [3.8, 4) is 0 Å². The molecular weight excluding hydrogens is 88.1 g/mol. The van der Waals surface area contributed by atoms with Crippen LogP contribution >= 0.6 is 0 Å². The normalized spacial score (nSPS) is 6.60. The topological polar surface area (TPSA) is 46.5 Å². The molecule has 0 aliphatic heterocycles. The summed E-state index contributed by atoms with van der Waals surface area (Å²) in [5.74, 6) is 0. The van der Waals surface area contributed by atoms with E-state index in [2.05, 4.69) is 4.43 Å². The lowest BCUT2D eigenvalue weighted by atomic mass is 11.7. The molecule has 28 valence electrons. The molecule has 1 N–H and O–H groups in total. The lowest BCUT2D eigenvalue weighted by Crippen LogP contribution is -1.91. The van der Waals surface area contributed by atoms with Crippen molar-refractivity contribution in [2.45, 2.75) is 0 Å². The Morgan fingerprint density at radius 3 is 2.60 bits per heavy atom. The highest BCUT2D eigenvalue weighted by atomic mass is 28.2. The van der Waals surface area contributed by atoms with Gasteiger partial charge in [-0.25, -0.2) is 0 Å². The number of hydrogen-bond donors (Lipinski definition) is 1. The monoisotopic (exact) mass is 90.0 g/mol. The molecule has 0 spiro atoms. The zero-order valence-corrected chi connectivity index (χ0v) is 3.34. The van der Waals surface area contributed by atoms with Gasteiger partial charge in [-0.3, -0.25) is 4.79 Å². The van der Waals surface area contributed by atoms with Crippen LogP contribution in [0.1, 0.15) is 0 Å². The van der Waals surface area contributed by atoms with E-state index in [0.717, 1.165) is 0 Å². The van der Waals surface area contributed by atoms with Gasteiger partial charge in [0.2, 0.25) is 0 Å². The number of carbonyl (C=O) groups excluding carboxylic acids is 1. The Labute approximate surface area is 31.6 Å². The average Bonchev–Trinajstić information content (AvgIpc) is 1.41. The fraction of sp³-hybridized carbons (Fsp3) is 0. The summed E-state index contributed by atoms with van der Waals surface area (Å²) in [6, 6.07) is 0. The van der Waals surface area contributed by atoms with Crippen molar-refractivity contribution in [3.05, 3.63) is 0 Å². The zero-order valence-electron chi connectivity index (χ0n) is 2.34. The summed E-state index contributed by atoms with van der Waals surface area (Å²) < 4.78 is 3.74. The number of carbonyl (C=O) groups is 1. The summed E-state index contributed by atoms with van der Waals surface area (Å²) in [5, 5.41) is 0. The summed E-state index contributed by atoms with van der Waals surface area (Å²) in [4.78, 5) is 16.7. The third-order valence-corrected chi connectivity index (χ3v) is 0.302. The van der Waals surface area contributed by atoms with Crippen molar-refractivity contribution in [1.29, 1.82) is 0 Å². The van der Waals surface area contributed by atoms with Crippen LogP contribution in [-0.2, 0) is 9.22 Å². The predicted octanol–water partition coefficient (Wildman–Crippen LogP) is -1.31. The van der Waals surface area contributed by atoms with Crippen molar-refractivity contribution in [3.63, 3.8) is 0 Å². The van der Waals surface area contributed by atoms with E-state index in [-0.39, 0.29) is 6.47 Å². The molecule has 0 aromatic carbocycles. The maximum absolute atomic E-state index is 9.03. The third kappa shape index (κ3) is 3.65. The van der Waals surface area contributed by atoms with Crippen molar-refractivity contribution >= 4 is 16.5 Å². The molecule has 0 aliphatic carbocycles. The Morgan fingerprint density at radius 1 is 2.00 bits per heavy atom. The van der Waals surface area contributed by atoms with Crippen LogP contribution < -0.4 is 0 Å². The molecule has 0 bridgehead atoms. The van der Waals surface area contributed by atoms with E-state index in [0.29, 0.717) is 0 Å². The Bertz CT molecular complexity index is 28.1. The zero-order chi connectivity index (χ0) is 4.12. The maximum atomic E-state index is 9.03. The minimum atomic E-state index is -0.710. The van der Waals surface area contributed by atoms with Crippen LogP contribution in [0.25, 0.3) is 0 Å².